The highest BCUT2D eigenvalue weighted by Crippen LogP contribution is 2.32. The summed E-state index contributed by atoms with van der Waals surface area (Å²) in [6.07, 6.45) is 3.63. The van der Waals surface area contributed by atoms with E-state index in [4.69, 9.17) is 0 Å². The number of rotatable bonds is 4. The Kier molecular flexibility index (Phi) is 4.98. The lowest BCUT2D eigenvalue weighted by molar-refractivity contribution is 0.629. The summed E-state index contributed by atoms with van der Waals surface area (Å²) in [6.45, 7) is 8.37. The van der Waals surface area contributed by atoms with E-state index in [0.717, 1.165) is 35.1 Å². The van der Waals surface area contributed by atoms with Gasteiger partial charge in [-0.3, -0.25) is 4.98 Å². The van der Waals surface area contributed by atoms with Crippen LogP contribution in [0.15, 0.2) is 48.7 Å². The molecule has 3 rings (SSSR count). The van der Waals surface area contributed by atoms with E-state index in [9.17, 15) is 0 Å². The Balaban J connectivity index is 2.16. The van der Waals surface area contributed by atoms with Gasteiger partial charge < -0.3 is 0 Å². The molecule has 0 amide bonds. The molecular formula is C23H24FN. The maximum atomic E-state index is 15.3. The third-order valence-corrected chi connectivity index (χ3v) is 5.03. The Bertz CT molecular complexity index is 912. The highest BCUT2D eigenvalue weighted by Gasteiger charge is 2.15. The molecule has 0 saturated heterocycles. The van der Waals surface area contributed by atoms with Crippen LogP contribution in [-0.2, 0) is 12.8 Å². The molecule has 0 unspecified atom stereocenters. The number of aryl methyl sites for hydroxylation is 3. The first-order valence-electron chi connectivity index (χ1n) is 8.90. The van der Waals surface area contributed by atoms with Gasteiger partial charge in [-0.1, -0.05) is 44.2 Å². The first-order valence-corrected chi connectivity index (χ1v) is 8.90. The highest BCUT2D eigenvalue weighted by atomic mass is 19.1. The summed E-state index contributed by atoms with van der Waals surface area (Å²) in [5.41, 5.74) is 7.67. The van der Waals surface area contributed by atoms with Crippen molar-refractivity contribution in [2.75, 3.05) is 0 Å². The summed E-state index contributed by atoms with van der Waals surface area (Å²) in [7, 11) is 0. The van der Waals surface area contributed by atoms with Crippen LogP contribution in [0.25, 0.3) is 22.4 Å². The zero-order valence-corrected chi connectivity index (χ0v) is 15.4. The molecule has 128 valence electrons. The number of aromatic nitrogens is 1. The van der Waals surface area contributed by atoms with Crippen molar-refractivity contribution < 1.29 is 4.39 Å². The van der Waals surface area contributed by atoms with Gasteiger partial charge in [0, 0.05) is 17.3 Å². The molecule has 0 fully saturated rings. The van der Waals surface area contributed by atoms with Gasteiger partial charge in [-0.05, 0) is 66.6 Å². The lowest BCUT2D eigenvalue weighted by Gasteiger charge is -2.13. The number of nitrogens with zero attached hydrogens (tertiary/aromatic N) is 1. The summed E-state index contributed by atoms with van der Waals surface area (Å²) in [5.74, 6) is -0.248. The molecule has 0 N–H and O–H groups in total. The Labute approximate surface area is 149 Å². The fourth-order valence-corrected chi connectivity index (χ4v) is 3.34. The van der Waals surface area contributed by atoms with Crippen LogP contribution in [0.3, 0.4) is 0 Å². The van der Waals surface area contributed by atoms with Crippen molar-refractivity contribution in [1.82, 2.24) is 4.98 Å². The highest BCUT2D eigenvalue weighted by molar-refractivity contribution is 5.74. The van der Waals surface area contributed by atoms with E-state index in [-0.39, 0.29) is 5.82 Å². The fraction of sp³-hybridized carbons (Fsp3) is 0.261. The number of hydrogen-bond donors (Lipinski definition) is 0. The van der Waals surface area contributed by atoms with E-state index < -0.39 is 0 Å². The van der Waals surface area contributed by atoms with E-state index in [1.165, 1.54) is 11.1 Å². The summed E-state index contributed by atoms with van der Waals surface area (Å²) in [4.78, 5) is 4.34. The van der Waals surface area contributed by atoms with Crippen molar-refractivity contribution in [3.05, 3.63) is 76.7 Å². The van der Waals surface area contributed by atoms with Crippen LogP contribution >= 0.6 is 0 Å². The number of pyridine rings is 1. The predicted molar refractivity (Wildman–Crippen MR) is 103 cm³/mol. The summed E-state index contributed by atoms with van der Waals surface area (Å²) < 4.78 is 15.3. The van der Waals surface area contributed by atoms with E-state index in [1.54, 1.807) is 12.3 Å². The molecule has 0 spiro atoms. The molecule has 0 bridgehead atoms. The number of halogens is 1. The van der Waals surface area contributed by atoms with Crippen molar-refractivity contribution in [1.29, 1.82) is 0 Å². The maximum Gasteiger partial charge on any atom is 0.157 e. The third-order valence-electron chi connectivity index (χ3n) is 5.03. The van der Waals surface area contributed by atoms with Gasteiger partial charge in [0.25, 0.3) is 0 Å². The predicted octanol–water partition coefficient (Wildman–Crippen LogP) is 6.30. The van der Waals surface area contributed by atoms with Crippen LogP contribution in [-0.4, -0.2) is 4.98 Å². The molecule has 25 heavy (non-hydrogen) atoms. The molecule has 1 aromatic heterocycles. The van der Waals surface area contributed by atoms with E-state index in [1.807, 2.05) is 25.1 Å². The van der Waals surface area contributed by atoms with Crippen molar-refractivity contribution in [3.63, 3.8) is 0 Å². The van der Waals surface area contributed by atoms with Crippen LogP contribution < -0.4 is 0 Å². The van der Waals surface area contributed by atoms with Crippen LogP contribution in [0.1, 0.15) is 36.1 Å². The lowest BCUT2D eigenvalue weighted by atomic mass is 9.94. The third kappa shape index (κ3) is 3.21. The van der Waals surface area contributed by atoms with Gasteiger partial charge in [0.05, 0.1) is 0 Å². The topological polar surface area (TPSA) is 12.9 Å². The molecule has 0 atom stereocenters. The monoisotopic (exact) mass is 333 g/mol. The molecule has 3 aromatic rings. The quantitative estimate of drug-likeness (QED) is 0.546. The molecule has 1 heterocycles. The van der Waals surface area contributed by atoms with Crippen LogP contribution in [0.5, 0.6) is 0 Å². The van der Waals surface area contributed by atoms with Crippen molar-refractivity contribution in [2.45, 2.75) is 40.5 Å². The molecule has 2 heteroatoms. The molecule has 0 aliphatic heterocycles. The largest absolute Gasteiger partial charge is 0.253 e. The summed E-state index contributed by atoms with van der Waals surface area (Å²) in [5, 5.41) is 0. The Morgan fingerprint density at radius 3 is 2.36 bits per heavy atom. The van der Waals surface area contributed by atoms with Gasteiger partial charge in [-0.25, -0.2) is 4.39 Å². The minimum atomic E-state index is -0.248. The smallest absolute Gasteiger partial charge is 0.157 e. The average molecular weight is 333 g/mol. The first kappa shape index (κ1) is 17.3. The molecule has 0 aliphatic rings. The Morgan fingerprint density at radius 1 is 0.880 bits per heavy atom. The molecule has 0 saturated carbocycles. The normalized spacial score (nSPS) is 10.9. The van der Waals surface area contributed by atoms with Gasteiger partial charge in [-0.15, -0.1) is 0 Å². The van der Waals surface area contributed by atoms with Crippen LogP contribution in [0, 0.1) is 19.7 Å². The van der Waals surface area contributed by atoms with Crippen molar-refractivity contribution in [3.8, 4) is 22.4 Å². The van der Waals surface area contributed by atoms with Crippen LogP contribution in [0.2, 0.25) is 0 Å². The number of hydrogen-bond acceptors (Lipinski definition) is 1. The second kappa shape index (κ2) is 7.18. The average Bonchev–Trinajstić information content (AvgIpc) is 2.64. The molecule has 2 aromatic carbocycles. The van der Waals surface area contributed by atoms with Gasteiger partial charge in [-0.2, -0.15) is 0 Å². The van der Waals surface area contributed by atoms with Crippen molar-refractivity contribution >= 4 is 0 Å². The van der Waals surface area contributed by atoms with Gasteiger partial charge >= 0.3 is 0 Å². The Morgan fingerprint density at radius 2 is 1.64 bits per heavy atom. The van der Waals surface area contributed by atoms with Crippen LogP contribution in [0.4, 0.5) is 4.39 Å². The van der Waals surface area contributed by atoms with Crippen molar-refractivity contribution in [2.24, 2.45) is 0 Å². The lowest BCUT2D eigenvalue weighted by Crippen LogP contribution is -1.97. The fourth-order valence-electron chi connectivity index (χ4n) is 3.34. The standard InChI is InChI=1S/C23H24FN/c1-5-17-10-11-19(14-18(17)6-2)23-22(24)21(12-13-25-23)20-9-7-8-15(3)16(20)4/h7-14H,5-6H2,1-4H3. The molecule has 0 aliphatic carbocycles. The maximum absolute atomic E-state index is 15.3. The second-order valence-electron chi connectivity index (χ2n) is 6.46. The van der Waals surface area contributed by atoms with Gasteiger partial charge in [0.1, 0.15) is 5.69 Å². The Hall–Kier alpha value is -2.48. The SMILES string of the molecule is CCc1ccc(-c2nccc(-c3cccc(C)c3C)c2F)cc1CC. The first-order chi connectivity index (χ1) is 12.1. The molecule has 1 nitrogen and oxygen atoms in total. The minimum Gasteiger partial charge on any atom is -0.253 e. The van der Waals surface area contributed by atoms with E-state index in [2.05, 4.69) is 44.0 Å². The molecule has 0 radical (unpaired) electrons. The zero-order valence-electron chi connectivity index (χ0n) is 15.4. The van der Waals surface area contributed by atoms with Gasteiger partial charge in [0.15, 0.2) is 5.82 Å². The zero-order chi connectivity index (χ0) is 18.0. The molecular weight excluding hydrogens is 309 g/mol. The second-order valence-corrected chi connectivity index (χ2v) is 6.46. The van der Waals surface area contributed by atoms with Gasteiger partial charge in [0.2, 0.25) is 0 Å². The summed E-state index contributed by atoms with van der Waals surface area (Å²) >= 11 is 0. The van der Waals surface area contributed by atoms with E-state index in [0.29, 0.717) is 11.3 Å². The summed E-state index contributed by atoms with van der Waals surface area (Å²) in [6, 6.07) is 13.9. The number of benzene rings is 2. The minimum absolute atomic E-state index is 0.248. The van der Waals surface area contributed by atoms with E-state index >= 15 is 4.39 Å².